The van der Waals surface area contributed by atoms with Gasteiger partial charge in [0.2, 0.25) is 5.91 Å². The van der Waals surface area contributed by atoms with E-state index in [0.29, 0.717) is 12.5 Å². The molecule has 0 fully saturated rings. The van der Waals surface area contributed by atoms with Crippen LogP contribution in [0.5, 0.6) is 5.75 Å². The number of nitrogens with zero attached hydrogens (tertiary/aromatic N) is 1. The van der Waals surface area contributed by atoms with Gasteiger partial charge in [-0.25, -0.2) is 0 Å². The number of likely N-dealkylation sites (N-methyl/N-ethyl adjacent to an activating group) is 1. The molecule has 4 heteroatoms. The number of hydrogen-bond acceptors (Lipinski definition) is 3. The second kappa shape index (κ2) is 8.64. The third-order valence-electron chi connectivity index (χ3n) is 5.66. The fourth-order valence-corrected chi connectivity index (χ4v) is 3.94. The average Bonchev–Trinajstić information content (AvgIpc) is 2.56. The van der Waals surface area contributed by atoms with Gasteiger partial charge in [0.25, 0.3) is 0 Å². The van der Waals surface area contributed by atoms with E-state index in [9.17, 15) is 4.79 Å². The zero-order valence-electron chi connectivity index (χ0n) is 18.5. The second-order valence-corrected chi connectivity index (χ2v) is 9.46. The molecule has 1 aromatic rings. The first-order valence-corrected chi connectivity index (χ1v) is 10.2. The lowest BCUT2D eigenvalue weighted by atomic mass is 9.74. The zero-order valence-corrected chi connectivity index (χ0v) is 18.5. The zero-order chi connectivity index (χ0) is 20.4. The molecule has 0 bridgehead atoms. The third kappa shape index (κ3) is 5.71. The highest BCUT2D eigenvalue weighted by Crippen LogP contribution is 2.37. The molecular weight excluding hydrogens is 336 g/mol. The molecule has 1 N–H and O–H groups in total. The number of amides is 1. The molecule has 1 aliphatic rings. The maximum atomic E-state index is 12.7. The van der Waals surface area contributed by atoms with Gasteiger partial charge < -0.3 is 15.0 Å². The second-order valence-electron chi connectivity index (χ2n) is 9.46. The van der Waals surface area contributed by atoms with Gasteiger partial charge in [0.15, 0.2) is 0 Å². The summed E-state index contributed by atoms with van der Waals surface area (Å²) in [6, 6.07) is 2.19. The number of aryl methyl sites for hydroxylation is 1. The summed E-state index contributed by atoms with van der Waals surface area (Å²) in [6.07, 6.45) is 3.09. The van der Waals surface area contributed by atoms with Crippen LogP contribution in [0.25, 0.3) is 0 Å². The van der Waals surface area contributed by atoms with Gasteiger partial charge in [-0.15, -0.1) is 0 Å². The molecule has 0 saturated heterocycles. The first kappa shape index (κ1) is 21.7. The van der Waals surface area contributed by atoms with Gasteiger partial charge in [-0.1, -0.05) is 6.92 Å². The van der Waals surface area contributed by atoms with Crippen molar-refractivity contribution in [3.63, 3.8) is 0 Å². The third-order valence-corrected chi connectivity index (χ3v) is 5.66. The smallest absolute Gasteiger partial charge is 0.223 e. The van der Waals surface area contributed by atoms with E-state index >= 15 is 0 Å². The van der Waals surface area contributed by atoms with Crippen molar-refractivity contribution in [2.75, 3.05) is 27.2 Å². The number of benzene rings is 1. The molecule has 2 rings (SSSR count). The number of fused-ring (bicyclic) bond motifs is 1. The summed E-state index contributed by atoms with van der Waals surface area (Å²) < 4.78 is 6.08. The summed E-state index contributed by atoms with van der Waals surface area (Å²) in [7, 11) is 4.12. The van der Waals surface area contributed by atoms with Gasteiger partial charge in [-0.05, 0) is 102 Å². The SMILES string of the molecule is Cc1cc(OCCN(C)C)c(C)c2c1CCC(C(C)C(=O)NC(C)(C)C)C2. The van der Waals surface area contributed by atoms with E-state index in [2.05, 4.69) is 51.1 Å². The molecule has 0 spiro atoms. The molecule has 0 aliphatic heterocycles. The van der Waals surface area contributed by atoms with Crippen LogP contribution in [-0.4, -0.2) is 43.6 Å². The molecule has 0 saturated carbocycles. The van der Waals surface area contributed by atoms with Crippen molar-refractivity contribution in [2.45, 2.75) is 66.3 Å². The summed E-state index contributed by atoms with van der Waals surface area (Å²) in [6.45, 7) is 14.2. The van der Waals surface area contributed by atoms with E-state index in [0.717, 1.165) is 31.6 Å². The lowest BCUT2D eigenvalue weighted by Crippen LogP contribution is -2.45. The Hall–Kier alpha value is -1.55. The number of carbonyl (C=O) groups excluding carboxylic acids is 1. The van der Waals surface area contributed by atoms with Crippen molar-refractivity contribution in [3.05, 3.63) is 28.3 Å². The molecule has 2 unspecified atom stereocenters. The Morgan fingerprint density at radius 1 is 1.30 bits per heavy atom. The van der Waals surface area contributed by atoms with Crippen LogP contribution in [0.2, 0.25) is 0 Å². The largest absolute Gasteiger partial charge is 0.492 e. The molecule has 1 aliphatic carbocycles. The maximum Gasteiger partial charge on any atom is 0.223 e. The standard InChI is InChI=1S/C23H38N2O2/c1-15-13-21(27-12-11-25(7)8)17(3)20-14-18(9-10-19(15)20)16(2)22(26)24-23(4,5)6/h13,16,18H,9-12,14H2,1-8H3,(H,24,26). The molecular formula is C23H38N2O2. The Morgan fingerprint density at radius 2 is 1.96 bits per heavy atom. The van der Waals surface area contributed by atoms with Crippen molar-refractivity contribution in [1.29, 1.82) is 0 Å². The van der Waals surface area contributed by atoms with E-state index in [-0.39, 0.29) is 17.4 Å². The highest BCUT2D eigenvalue weighted by molar-refractivity contribution is 5.79. The van der Waals surface area contributed by atoms with Gasteiger partial charge >= 0.3 is 0 Å². The summed E-state index contributed by atoms with van der Waals surface area (Å²) in [5, 5.41) is 3.15. The number of rotatable bonds is 6. The maximum absolute atomic E-state index is 12.7. The molecule has 0 aromatic heterocycles. The molecule has 27 heavy (non-hydrogen) atoms. The molecule has 2 atom stereocenters. The van der Waals surface area contributed by atoms with Crippen LogP contribution >= 0.6 is 0 Å². The molecule has 1 aromatic carbocycles. The topological polar surface area (TPSA) is 41.6 Å². The molecule has 0 radical (unpaired) electrons. The quantitative estimate of drug-likeness (QED) is 0.821. The number of carbonyl (C=O) groups is 1. The summed E-state index contributed by atoms with van der Waals surface area (Å²) in [5.74, 6) is 1.58. The van der Waals surface area contributed by atoms with E-state index in [1.165, 1.54) is 22.3 Å². The lowest BCUT2D eigenvalue weighted by Gasteiger charge is -2.33. The number of hydrogen-bond donors (Lipinski definition) is 1. The minimum Gasteiger partial charge on any atom is -0.492 e. The van der Waals surface area contributed by atoms with Gasteiger partial charge in [-0.2, -0.15) is 0 Å². The van der Waals surface area contributed by atoms with E-state index in [1.54, 1.807) is 0 Å². The lowest BCUT2D eigenvalue weighted by molar-refractivity contribution is -0.127. The van der Waals surface area contributed by atoms with Crippen molar-refractivity contribution >= 4 is 5.91 Å². The average molecular weight is 375 g/mol. The Kier molecular flexibility index (Phi) is 6.96. The summed E-state index contributed by atoms with van der Waals surface area (Å²) in [4.78, 5) is 14.8. The van der Waals surface area contributed by atoms with Crippen molar-refractivity contribution < 1.29 is 9.53 Å². The molecule has 4 nitrogen and oxygen atoms in total. The predicted molar refractivity (Wildman–Crippen MR) is 113 cm³/mol. The molecule has 152 valence electrons. The van der Waals surface area contributed by atoms with Crippen LogP contribution in [-0.2, 0) is 17.6 Å². The normalized spacial score (nSPS) is 18.2. The number of ether oxygens (including phenoxy) is 1. The summed E-state index contributed by atoms with van der Waals surface area (Å²) >= 11 is 0. The van der Waals surface area contributed by atoms with Crippen molar-refractivity contribution in [3.8, 4) is 5.75 Å². The Labute approximate surface area is 165 Å². The fraction of sp³-hybridized carbons (Fsp3) is 0.696. The predicted octanol–water partition coefficient (Wildman–Crippen LogP) is 3.90. The number of nitrogens with one attached hydrogen (secondary N) is 1. The van der Waals surface area contributed by atoms with Gasteiger partial charge in [0.1, 0.15) is 12.4 Å². The minimum absolute atomic E-state index is 0.0235. The first-order chi connectivity index (χ1) is 12.5. The van der Waals surface area contributed by atoms with Gasteiger partial charge in [-0.3, -0.25) is 4.79 Å². The van der Waals surface area contributed by atoms with E-state index in [4.69, 9.17) is 4.74 Å². The minimum atomic E-state index is -0.183. The first-order valence-electron chi connectivity index (χ1n) is 10.2. The van der Waals surface area contributed by atoms with Crippen LogP contribution in [0.3, 0.4) is 0 Å². The van der Waals surface area contributed by atoms with Gasteiger partial charge in [0, 0.05) is 18.0 Å². The molecule has 0 heterocycles. The van der Waals surface area contributed by atoms with Crippen LogP contribution in [0.15, 0.2) is 6.07 Å². The summed E-state index contributed by atoms with van der Waals surface area (Å²) in [5.41, 5.74) is 5.26. The fourth-order valence-electron chi connectivity index (χ4n) is 3.94. The Balaban J connectivity index is 2.17. The Bertz CT molecular complexity index is 674. The van der Waals surface area contributed by atoms with Crippen LogP contribution < -0.4 is 10.1 Å². The van der Waals surface area contributed by atoms with Crippen molar-refractivity contribution in [2.24, 2.45) is 11.8 Å². The van der Waals surface area contributed by atoms with Gasteiger partial charge in [0.05, 0.1) is 0 Å². The monoisotopic (exact) mass is 374 g/mol. The van der Waals surface area contributed by atoms with Crippen LogP contribution in [0, 0.1) is 25.7 Å². The highest BCUT2D eigenvalue weighted by Gasteiger charge is 2.31. The molecule has 1 amide bonds. The van der Waals surface area contributed by atoms with E-state index in [1.807, 2.05) is 20.8 Å². The Morgan fingerprint density at radius 3 is 2.56 bits per heavy atom. The highest BCUT2D eigenvalue weighted by atomic mass is 16.5. The van der Waals surface area contributed by atoms with Crippen LogP contribution in [0.4, 0.5) is 0 Å². The van der Waals surface area contributed by atoms with Crippen LogP contribution in [0.1, 0.15) is 56.4 Å². The van der Waals surface area contributed by atoms with Crippen molar-refractivity contribution in [1.82, 2.24) is 10.2 Å². The van der Waals surface area contributed by atoms with E-state index < -0.39 is 0 Å².